The van der Waals surface area contributed by atoms with Crippen LogP contribution in [0.25, 0.3) is 0 Å². The Morgan fingerprint density at radius 2 is 1.84 bits per heavy atom. The largest absolute Gasteiger partial charge is 0.351 e. The third kappa shape index (κ3) is 4.63. The summed E-state index contributed by atoms with van der Waals surface area (Å²) in [7, 11) is 0. The van der Waals surface area contributed by atoms with Gasteiger partial charge < -0.3 is 10.2 Å². The molecule has 0 spiro atoms. The van der Waals surface area contributed by atoms with Gasteiger partial charge in [-0.2, -0.15) is 0 Å². The molecular weight excluding hydrogens is 332 g/mol. The van der Waals surface area contributed by atoms with Crippen molar-refractivity contribution in [3.8, 4) is 0 Å². The molecule has 2 amide bonds. The van der Waals surface area contributed by atoms with Crippen molar-refractivity contribution in [3.05, 3.63) is 59.7 Å². The van der Waals surface area contributed by atoms with Crippen LogP contribution in [-0.4, -0.2) is 30.7 Å². The van der Waals surface area contributed by atoms with E-state index in [4.69, 9.17) is 0 Å². The number of nitrogens with zero attached hydrogens (tertiary/aromatic N) is 1. The Labute approximate surface area is 152 Å². The predicted octanol–water partition coefficient (Wildman–Crippen LogP) is 3.64. The lowest BCUT2D eigenvalue weighted by molar-refractivity contribution is -0.117. The fourth-order valence-electron chi connectivity index (χ4n) is 2.78. The van der Waals surface area contributed by atoms with Crippen LogP contribution >= 0.6 is 11.8 Å². The molecule has 130 valence electrons. The molecule has 0 radical (unpaired) electrons. The van der Waals surface area contributed by atoms with E-state index in [1.807, 2.05) is 12.1 Å². The molecule has 4 nitrogen and oxygen atoms in total. The van der Waals surface area contributed by atoms with Gasteiger partial charge in [-0.3, -0.25) is 9.59 Å². The first-order chi connectivity index (χ1) is 12.1. The summed E-state index contributed by atoms with van der Waals surface area (Å²) in [4.78, 5) is 26.9. The molecule has 1 heterocycles. The Hall–Kier alpha value is -2.27. The van der Waals surface area contributed by atoms with E-state index in [2.05, 4.69) is 36.5 Å². The number of benzene rings is 2. The second-order valence-electron chi connectivity index (χ2n) is 6.11. The zero-order chi connectivity index (χ0) is 17.6. The van der Waals surface area contributed by atoms with Gasteiger partial charge in [-0.1, -0.05) is 17.7 Å². The lowest BCUT2D eigenvalue weighted by Gasteiger charge is -2.15. The summed E-state index contributed by atoms with van der Waals surface area (Å²) >= 11 is 1.73. The first-order valence-electron chi connectivity index (χ1n) is 8.51. The lowest BCUT2D eigenvalue weighted by Crippen LogP contribution is -2.26. The minimum absolute atomic E-state index is 0.0798. The minimum Gasteiger partial charge on any atom is -0.351 e. The van der Waals surface area contributed by atoms with Gasteiger partial charge in [-0.25, -0.2) is 0 Å². The van der Waals surface area contributed by atoms with E-state index in [1.54, 1.807) is 28.8 Å². The number of carbonyl (C=O) groups excluding carboxylic acids is 2. The highest BCUT2D eigenvalue weighted by atomic mass is 32.2. The summed E-state index contributed by atoms with van der Waals surface area (Å²) in [6.07, 6.45) is 1.51. The monoisotopic (exact) mass is 354 g/mol. The van der Waals surface area contributed by atoms with E-state index in [-0.39, 0.29) is 11.8 Å². The molecule has 0 atom stereocenters. The first kappa shape index (κ1) is 17.5. The van der Waals surface area contributed by atoms with E-state index >= 15 is 0 Å². The van der Waals surface area contributed by atoms with E-state index in [9.17, 15) is 9.59 Å². The molecule has 0 aromatic heterocycles. The smallest absolute Gasteiger partial charge is 0.251 e. The van der Waals surface area contributed by atoms with Crippen LogP contribution in [0.15, 0.2) is 53.4 Å². The van der Waals surface area contributed by atoms with Gasteiger partial charge in [0, 0.05) is 41.4 Å². The van der Waals surface area contributed by atoms with Gasteiger partial charge in [0.05, 0.1) is 0 Å². The van der Waals surface area contributed by atoms with Gasteiger partial charge in [0.2, 0.25) is 5.91 Å². The Kier molecular flexibility index (Phi) is 5.76. The summed E-state index contributed by atoms with van der Waals surface area (Å²) in [5.41, 5.74) is 2.74. The molecule has 2 aromatic carbocycles. The van der Waals surface area contributed by atoms with Crippen LogP contribution in [0, 0.1) is 6.92 Å². The highest BCUT2D eigenvalue weighted by Gasteiger charge is 2.21. The molecule has 0 bridgehead atoms. The molecule has 1 N–H and O–H groups in total. The summed E-state index contributed by atoms with van der Waals surface area (Å²) in [6.45, 7) is 3.45. The molecule has 2 aromatic rings. The van der Waals surface area contributed by atoms with Crippen molar-refractivity contribution >= 4 is 29.3 Å². The number of anilines is 1. The summed E-state index contributed by atoms with van der Waals surface area (Å²) < 4.78 is 0. The van der Waals surface area contributed by atoms with Gasteiger partial charge in [0.25, 0.3) is 5.91 Å². The molecule has 0 saturated carbocycles. The third-order valence-corrected chi connectivity index (χ3v) is 5.21. The third-order valence-electron chi connectivity index (χ3n) is 4.19. The number of thioether (sulfide) groups is 1. The van der Waals surface area contributed by atoms with Gasteiger partial charge in [-0.15, -0.1) is 11.8 Å². The van der Waals surface area contributed by atoms with Crippen LogP contribution in [0.1, 0.15) is 28.8 Å². The molecule has 3 rings (SSSR count). The normalized spacial score (nSPS) is 14.0. The van der Waals surface area contributed by atoms with E-state index in [1.165, 1.54) is 10.5 Å². The molecule has 0 aliphatic carbocycles. The molecule has 1 fully saturated rings. The second kappa shape index (κ2) is 8.21. The Bertz CT molecular complexity index is 741. The number of nitrogens with one attached hydrogen (secondary N) is 1. The standard InChI is InChI=1S/C20H22N2O2S/c1-15-4-10-18(11-5-15)25-14-12-21-20(24)16-6-8-17(9-7-16)22-13-2-3-19(22)23/h4-11H,2-3,12-14H2,1H3,(H,21,24). The number of aryl methyl sites for hydroxylation is 1. The molecular formula is C20H22N2O2S. The van der Waals surface area contributed by atoms with Gasteiger partial charge >= 0.3 is 0 Å². The topological polar surface area (TPSA) is 49.4 Å². The zero-order valence-corrected chi connectivity index (χ0v) is 15.1. The number of carbonyl (C=O) groups is 2. The van der Waals surface area contributed by atoms with Crippen LogP contribution in [0.3, 0.4) is 0 Å². The van der Waals surface area contributed by atoms with Crippen molar-refractivity contribution in [1.82, 2.24) is 5.32 Å². The molecule has 5 heteroatoms. The van der Waals surface area contributed by atoms with Crippen molar-refractivity contribution in [2.75, 3.05) is 23.7 Å². The molecule has 25 heavy (non-hydrogen) atoms. The maximum atomic E-state index is 12.2. The highest BCUT2D eigenvalue weighted by molar-refractivity contribution is 7.99. The fraction of sp³-hybridized carbons (Fsp3) is 0.300. The molecule has 1 aliphatic rings. The Morgan fingerprint density at radius 1 is 1.12 bits per heavy atom. The van der Waals surface area contributed by atoms with Crippen LogP contribution in [0.2, 0.25) is 0 Å². The van der Waals surface area contributed by atoms with Crippen LogP contribution in [0.4, 0.5) is 5.69 Å². The van der Waals surface area contributed by atoms with Crippen molar-refractivity contribution in [2.24, 2.45) is 0 Å². The van der Waals surface area contributed by atoms with E-state index < -0.39 is 0 Å². The van der Waals surface area contributed by atoms with Crippen LogP contribution < -0.4 is 10.2 Å². The number of rotatable bonds is 6. The van der Waals surface area contributed by atoms with Crippen LogP contribution in [-0.2, 0) is 4.79 Å². The van der Waals surface area contributed by atoms with Crippen molar-refractivity contribution in [1.29, 1.82) is 0 Å². The maximum absolute atomic E-state index is 12.2. The SMILES string of the molecule is Cc1ccc(SCCNC(=O)c2ccc(N3CCCC3=O)cc2)cc1. The number of hydrogen-bond acceptors (Lipinski definition) is 3. The van der Waals surface area contributed by atoms with E-state index in [0.717, 1.165) is 24.4 Å². The van der Waals surface area contributed by atoms with Crippen molar-refractivity contribution < 1.29 is 9.59 Å². The van der Waals surface area contributed by atoms with Gasteiger partial charge in [0.1, 0.15) is 0 Å². The average molecular weight is 354 g/mol. The molecule has 1 aliphatic heterocycles. The van der Waals surface area contributed by atoms with Crippen molar-refractivity contribution in [3.63, 3.8) is 0 Å². The number of hydrogen-bond donors (Lipinski definition) is 1. The van der Waals surface area contributed by atoms with Gasteiger partial charge in [0.15, 0.2) is 0 Å². The molecule has 1 saturated heterocycles. The Morgan fingerprint density at radius 3 is 2.48 bits per heavy atom. The Balaban J connectivity index is 1.46. The second-order valence-corrected chi connectivity index (χ2v) is 7.28. The summed E-state index contributed by atoms with van der Waals surface area (Å²) in [6, 6.07) is 15.6. The zero-order valence-electron chi connectivity index (χ0n) is 14.3. The quantitative estimate of drug-likeness (QED) is 0.636. The predicted molar refractivity (Wildman–Crippen MR) is 102 cm³/mol. The van der Waals surface area contributed by atoms with Crippen molar-refractivity contribution in [2.45, 2.75) is 24.7 Å². The summed E-state index contributed by atoms with van der Waals surface area (Å²) in [5, 5.41) is 2.94. The minimum atomic E-state index is -0.0798. The van der Waals surface area contributed by atoms with Gasteiger partial charge in [-0.05, 0) is 49.7 Å². The fourth-order valence-corrected chi connectivity index (χ4v) is 3.55. The number of amides is 2. The lowest BCUT2D eigenvalue weighted by atomic mass is 10.2. The van der Waals surface area contributed by atoms with Crippen LogP contribution in [0.5, 0.6) is 0 Å². The summed E-state index contributed by atoms with van der Waals surface area (Å²) in [5.74, 6) is 0.906. The first-order valence-corrected chi connectivity index (χ1v) is 9.50. The maximum Gasteiger partial charge on any atom is 0.251 e. The molecule has 0 unspecified atom stereocenters. The highest BCUT2D eigenvalue weighted by Crippen LogP contribution is 2.21. The van der Waals surface area contributed by atoms with E-state index in [0.29, 0.717) is 18.5 Å². The average Bonchev–Trinajstić information content (AvgIpc) is 3.06.